The van der Waals surface area contributed by atoms with Crippen molar-refractivity contribution < 1.29 is 14.2 Å². The Morgan fingerprint density at radius 1 is 1.04 bits per heavy atom. The number of nitrogens with two attached hydrogens (primary N) is 1. The number of ether oxygens (including phenoxy) is 3. The average Bonchev–Trinajstić information content (AvgIpc) is 3.21. The summed E-state index contributed by atoms with van der Waals surface area (Å²) in [7, 11) is 4.78. The van der Waals surface area contributed by atoms with Crippen molar-refractivity contribution in [1.82, 2.24) is 15.2 Å². The highest BCUT2D eigenvalue weighted by Gasteiger charge is 2.07. The molecule has 0 unspecified atom stereocenters. The second-order valence-corrected chi connectivity index (χ2v) is 5.73. The minimum absolute atomic E-state index is 0.245. The number of guanidine groups is 1. The number of aromatic nitrogens is 3. The Bertz CT molecular complexity index is 953. The Morgan fingerprint density at radius 3 is 2.46 bits per heavy atom. The van der Waals surface area contributed by atoms with E-state index in [4.69, 9.17) is 19.9 Å². The van der Waals surface area contributed by atoms with Gasteiger partial charge in [-0.1, -0.05) is 0 Å². The van der Waals surface area contributed by atoms with Crippen LogP contribution in [0.3, 0.4) is 0 Å². The van der Waals surface area contributed by atoms with E-state index in [2.05, 4.69) is 25.5 Å². The highest BCUT2D eigenvalue weighted by molar-refractivity contribution is 5.92. The van der Waals surface area contributed by atoms with Crippen LogP contribution in [0.5, 0.6) is 17.2 Å². The van der Waals surface area contributed by atoms with Crippen molar-refractivity contribution in [1.29, 1.82) is 0 Å². The molecule has 0 saturated carbocycles. The second kappa shape index (κ2) is 8.76. The third kappa shape index (κ3) is 4.50. The van der Waals surface area contributed by atoms with Crippen LogP contribution in [0.2, 0.25) is 0 Å². The van der Waals surface area contributed by atoms with Crippen LogP contribution in [0.1, 0.15) is 5.82 Å². The molecule has 0 spiro atoms. The molecular formula is C19H22N6O3. The summed E-state index contributed by atoms with van der Waals surface area (Å²) in [5, 5.41) is 10.1. The fourth-order valence-electron chi connectivity index (χ4n) is 2.50. The Balaban J connectivity index is 1.64. The van der Waals surface area contributed by atoms with Gasteiger partial charge in [-0.25, -0.2) is 9.98 Å². The quantitative estimate of drug-likeness (QED) is 0.424. The Labute approximate surface area is 162 Å². The second-order valence-electron chi connectivity index (χ2n) is 5.73. The molecule has 1 aromatic heterocycles. The molecule has 146 valence electrons. The molecule has 0 fully saturated rings. The fourth-order valence-corrected chi connectivity index (χ4v) is 2.50. The molecule has 0 amide bonds. The normalized spacial score (nSPS) is 11.2. The van der Waals surface area contributed by atoms with Crippen LogP contribution < -0.4 is 25.3 Å². The van der Waals surface area contributed by atoms with Crippen molar-refractivity contribution in [3.63, 3.8) is 0 Å². The Morgan fingerprint density at radius 2 is 1.79 bits per heavy atom. The van der Waals surface area contributed by atoms with E-state index in [0.717, 1.165) is 17.0 Å². The van der Waals surface area contributed by atoms with Gasteiger partial charge in [0.2, 0.25) is 0 Å². The number of nitrogens with one attached hydrogen (secondary N) is 2. The number of aliphatic imine (C=N–C) groups is 1. The number of rotatable bonds is 7. The van der Waals surface area contributed by atoms with Crippen molar-refractivity contribution in [2.24, 2.45) is 10.7 Å². The van der Waals surface area contributed by atoms with Gasteiger partial charge in [-0.3, -0.25) is 5.10 Å². The first-order valence-corrected chi connectivity index (χ1v) is 8.47. The van der Waals surface area contributed by atoms with Crippen LogP contribution in [0.4, 0.5) is 5.69 Å². The molecule has 0 aliphatic carbocycles. The molecule has 2 aromatic carbocycles. The van der Waals surface area contributed by atoms with Crippen molar-refractivity contribution in [2.45, 2.75) is 6.54 Å². The summed E-state index contributed by atoms with van der Waals surface area (Å²) >= 11 is 0. The maximum absolute atomic E-state index is 5.96. The van der Waals surface area contributed by atoms with E-state index < -0.39 is 0 Å². The third-order valence-electron chi connectivity index (χ3n) is 3.94. The summed E-state index contributed by atoms with van der Waals surface area (Å²) in [5.74, 6) is 3.44. The van der Waals surface area contributed by atoms with Crippen LogP contribution >= 0.6 is 0 Å². The van der Waals surface area contributed by atoms with Gasteiger partial charge in [0.25, 0.3) is 0 Å². The predicted octanol–water partition coefficient (Wildman–Crippen LogP) is 2.42. The summed E-state index contributed by atoms with van der Waals surface area (Å²) in [6.45, 7) is 0.259. The Kier molecular flexibility index (Phi) is 5.95. The highest BCUT2D eigenvalue weighted by atomic mass is 16.5. The molecule has 0 atom stereocenters. The van der Waals surface area contributed by atoms with Crippen LogP contribution in [-0.4, -0.2) is 42.5 Å². The lowest BCUT2D eigenvalue weighted by molar-refractivity contribution is 0.355. The predicted molar refractivity (Wildman–Crippen MR) is 107 cm³/mol. The van der Waals surface area contributed by atoms with E-state index in [9.17, 15) is 0 Å². The number of nitrogens with zero attached hydrogens (tertiary/aromatic N) is 3. The SMILES string of the molecule is COc1ccc(-c2n[nH]c(CN=C(N)Nc3ccc(OC)c(OC)c3)n2)cc1. The van der Waals surface area contributed by atoms with E-state index in [-0.39, 0.29) is 12.5 Å². The van der Waals surface area contributed by atoms with Gasteiger partial charge in [0.1, 0.15) is 18.1 Å². The van der Waals surface area contributed by atoms with Gasteiger partial charge in [0.15, 0.2) is 23.3 Å². The Hall–Kier alpha value is -3.75. The zero-order chi connectivity index (χ0) is 19.9. The van der Waals surface area contributed by atoms with Crippen LogP contribution in [0.25, 0.3) is 11.4 Å². The molecule has 4 N–H and O–H groups in total. The van der Waals surface area contributed by atoms with Gasteiger partial charge >= 0.3 is 0 Å². The van der Waals surface area contributed by atoms with Crippen LogP contribution in [-0.2, 0) is 6.54 Å². The van der Waals surface area contributed by atoms with E-state index >= 15 is 0 Å². The summed E-state index contributed by atoms with van der Waals surface area (Å²) in [4.78, 5) is 8.71. The first-order chi connectivity index (χ1) is 13.6. The summed E-state index contributed by atoms with van der Waals surface area (Å²) in [6.07, 6.45) is 0. The molecule has 0 bridgehead atoms. The van der Waals surface area contributed by atoms with Gasteiger partial charge in [-0.15, -0.1) is 0 Å². The van der Waals surface area contributed by atoms with Gasteiger partial charge in [-0.2, -0.15) is 5.10 Å². The zero-order valence-electron chi connectivity index (χ0n) is 15.9. The van der Waals surface area contributed by atoms with E-state index in [1.807, 2.05) is 30.3 Å². The largest absolute Gasteiger partial charge is 0.497 e. The van der Waals surface area contributed by atoms with Gasteiger partial charge < -0.3 is 25.3 Å². The van der Waals surface area contributed by atoms with Crippen molar-refractivity contribution in [2.75, 3.05) is 26.6 Å². The number of methoxy groups -OCH3 is 3. The smallest absolute Gasteiger partial charge is 0.193 e. The van der Waals surface area contributed by atoms with E-state index in [0.29, 0.717) is 23.1 Å². The van der Waals surface area contributed by atoms with Crippen molar-refractivity contribution >= 4 is 11.6 Å². The molecule has 3 rings (SSSR count). The van der Waals surface area contributed by atoms with Crippen molar-refractivity contribution in [3.8, 4) is 28.6 Å². The number of aromatic amines is 1. The first kappa shape index (κ1) is 19.0. The molecular weight excluding hydrogens is 360 g/mol. The van der Waals surface area contributed by atoms with Crippen LogP contribution in [0, 0.1) is 0 Å². The number of hydrogen-bond donors (Lipinski definition) is 3. The van der Waals surface area contributed by atoms with Gasteiger partial charge in [0, 0.05) is 17.3 Å². The van der Waals surface area contributed by atoms with E-state index in [1.165, 1.54) is 0 Å². The lowest BCUT2D eigenvalue weighted by atomic mass is 10.2. The molecule has 28 heavy (non-hydrogen) atoms. The topological polar surface area (TPSA) is 120 Å². The van der Waals surface area contributed by atoms with E-state index in [1.54, 1.807) is 33.5 Å². The van der Waals surface area contributed by atoms with Crippen LogP contribution in [0.15, 0.2) is 47.5 Å². The zero-order valence-corrected chi connectivity index (χ0v) is 15.9. The molecule has 3 aromatic rings. The lowest BCUT2D eigenvalue weighted by Gasteiger charge is -2.10. The minimum atomic E-state index is 0.245. The lowest BCUT2D eigenvalue weighted by Crippen LogP contribution is -2.22. The number of hydrogen-bond acceptors (Lipinski definition) is 6. The van der Waals surface area contributed by atoms with Gasteiger partial charge in [0.05, 0.1) is 21.3 Å². The number of anilines is 1. The maximum atomic E-state index is 5.96. The monoisotopic (exact) mass is 382 g/mol. The minimum Gasteiger partial charge on any atom is -0.497 e. The maximum Gasteiger partial charge on any atom is 0.193 e. The molecule has 0 saturated heterocycles. The number of H-pyrrole nitrogens is 1. The summed E-state index contributed by atoms with van der Waals surface area (Å²) in [6, 6.07) is 12.9. The molecule has 9 heteroatoms. The summed E-state index contributed by atoms with van der Waals surface area (Å²) in [5.41, 5.74) is 7.57. The molecule has 0 aliphatic rings. The fraction of sp³-hybridized carbons (Fsp3) is 0.211. The molecule has 9 nitrogen and oxygen atoms in total. The molecule has 1 heterocycles. The molecule has 0 aliphatic heterocycles. The first-order valence-electron chi connectivity index (χ1n) is 8.47. The molecule has 0 radical (unpaired) electrons. The number of benzene rings is 2. The third-order valence-corrected chi connectivity index (χ3v) is 3.94. The highest BCUT2D eigenvalue weighted by Crippen LogP contribution is 2.29. The average molecular weight is 382 g/mol. The summed E-state index contributed by atoms with van der Waals surface area (Å²) < 4.78 is 15.6. The van der Waals surface area contributed by atoms with Gasteiger partial charge in [-0.05, 0) is 36.4 Å². The standard InChI is InChI=1S/C19H22N6O3/c1-26-14-7-4-12(5-8-14)18-23-17(24-25-18)11-21-19(20)22-13-6-9-15(27-2)16(10-13)28-3/h4-10H,11H2,1-3H3,(H3,20,21,22)(H,23,24,25). The van der Waals surface area contributed by atoms with Crippen molar-refractivity contribution in [3.05, 3.63) is 48.3 Å².